The number of carbonyl (C=O) groups is 1. The lowest BCUT2D eigenvalue weighted by Gasteiger charge is -2.17. The van der Waals surface area contributed by atoms with Crippen LogP contribution in [0, 0.1) is 0 Å². The van der Waals surface area contributed by atoms with Crippen LogP contribution in [0.1, 0.15) is 6.92 Å². The number of benzene rings is 3. The number of aliphatic imine (C=N–C) groups is 1. The van der Waals surface area contributed by atoms with Crippen molar-refractivity contribution in [2.45, 2.75) is 11.8 Å². The van der Waals surface area contributed by atoms with E-state index in [1.54, 1.807) is 23.7 Å². The molecule has 0 radical (unpaired) electrons. The largest absolute Gasteiger partial charge is 0.335 e. The van der Waals surface area contributed by atoms with E-state index in [9.17, 15) is 4.79 Å². The molecule has 0 unspecified atom stereocenters. The maximum absolute atomic E-state index is 12.9. The van der Waals surface area contributed by atoms with Gasteiger partial charge < -0.3 is 4.90 Å². The van der Waals surface area contributed by atoms with Crippen LogP contribution in [0.2, 0.25) is 5.02 Å². The number of anilines is 1. The molecule has 2 aliphatic heterocycles. The van der Waals surface area contributed by atoms with Gasteiger partial charge in [0.1, 0.15) is 0 Å². The number of likely N-dealkylation sites (N-methyl/N-ethyl adjacent to an activating group) is 1. The van der Waals surface area contributed by atoms with E-state index in [2.05, 4.69) is 36.1 Å². The van der Waals surface area contributed by atoms with Crippen LogP contribution in [-0.4, -0.2) is 29.6 Å². The van der Waals surface area contributed by atoms with Crippen molar-refractivity contribution in [1.82, 2.24) is 4.90 Å². The van der Waals surface area contributed by atoms with Gasteiger partial charge in [0, 0.05) is 23.5 Å². The van der Waals surface area contributed by atoms with Crippen LogP contribution in [0.25, 0.3) is 11.1 Å². The van der Waals surface area contributed by atoms with Gasteiger partial charge >= 0.3 is 0 Å². The SMILES string of the molecule is CCN1/C(=C/C=C2/SC(=Nc3ccc(-c4ccccc4)cc3)N(C)C2=O)Sc2ccc(Cl)cc21. The van der Waals surface area contributed by atoms with Crippen molar-refractivity contribution in [1.29, 1.82) is 0 Å². The first-order valence-corrected chi connectivity index (χ1v) is 12.9. The Bertz CT molecular complexity index is 1330. The minimum atomic E-state index is -0.0480. The lowest BCUT2D eigenvalue weighted by atomic mass is 10.1. The standard InChI is InChI=1S/C27H22ClN3OS2/c1-3-31-22-17-20(28)11-14-23(22)33-25(31)16-15-24-26(32)30(2)27(34-24)29-21-12-9-19(10-13-21)18-7-5-4-6-8-18/h4-17H,3H2,1-2H3/b24-15+,25-16-,29-27?. The smallest absolute Gasteiger partial charge is 0.266 e. The molecule has 2 aliphatic rings. The minimum absolute atomic E-state index is 0.0480. The molecule has 7 heteroatoms. The molecule has 3 aromatic rings. The fourth-order valence-corrected chi connectivity index (χ4v) is 6.01. The van der Waals surface area contributed by atoms with Crippen LogP contribution < -0.4 is 4.90 Å². The van der Waals surface area contributed by atoms with Crippen LogP contribution >= 0.6 is 35.1 Å². The van der Waals surface area contributed by atoms with Gasteiger partial charge in [0.05, 0.1) is 21.3 Å². The summed E-state index contributed by atoms with van der Waals surface area (Å²) in [5.74, 6) is -0.0480. The van der Waals surface area contributed by atoms with Crippen LogP contribution in [0.3, 0.4) is 0 Å². The Kier molecular flexibility index (Phi) is 6.55. The molecule has 0 spiro atoms. The zero-order valence-electron chi connectivity index (χ0n) is 18.7. The molecular formula is C27H22ClN3OS2. The number of rotatable bonds is 4. The second-order valence-electron chi connectivity index (χ2n) is 7.77. The molecule has 0 atom stereocenters. The molecule has 1 saturated heterocycles. The fourth-order valence-electron chi connectivity index (χ4n) is 3.81. The van der Waals surface area contributed by atoms with Gasteiger partial charge in [0.15, 0.2) is 5.17 Å². The Morgan fingerprint density at radius 1 is 0.941 bits per heavy atom. The van der Waals surface area contributed by atoms with E-state index < -0.39 is 0 Å². The number of thioether (sulfide) groups is 2. The van der Waals surface area contributed by atoms with E-state index in [0.29, 0.717) is 10.1 Å². The van der Waals surface area contributed by atoms with Crippen molar-refractivity contribution in [3.8, 4) is 11.1 Å². The molecule has 170 valence electrons. The van der Waals surface area contributed by atoms with E-state index in [1.165, 1.54) is 16.7 Å². The zero-order chi connectivity index (χ0) is 23.7. The molecule has 1 amide bonds. The Balaban J connectivity index is 1.35. The highest BCUT2D eigenvalue weighted by atomic mass is 35.5. The van der Waals surface area contributed by atoms with E-state index >= 15 is 0 Å². The van der Waals surface area contributed by atoms with Gasteiger partial charge in [0.2, 0.25) is 0 Å². The zero-order valence-corrected chi connectivity index (χ0v) is 21.1. The molecule has 0 N–H and O–H groups in total. The summed E-state index contributed by atoms with van der Waals surface area (Å²) in [5.41, 5.74) is 4.22. The second kappa shape index (κ2) is 9.74. The number of hydrogen-bond acceptors (Lipinski definition) is 5. The lowest BCUT2D eigenvalue weighted by Crippen LogP contribution is -2.23. The van der Waals surface area contributed by atoms with Gasteiger partial charge in [-0.1, -0.05) is 65.8 Å². The highest BCUT2D eigenvalue weighted by molar-refractivity contribution is 8.18. The monoisotopic (exact) mass is 503 g/mol. The number of halogens is 1. The van der Waals surface area contributed by atoms with Gasteiger partial charge in [-0.3, -0.25) is 9.69 Å². The predicted molar refractivity (Wildman–Crippen MR) is 146 cm³/mol. The lowest BCUT2D eigenvalue weighted by molar-refractivity contribution is -0.121. The van der Waals surface area contributed by atoms with Gasteiger partial charge in [-0.05, 0) is 72.3 Å². The number of hydrogen-bond donors (Lipinski definition) is 0. The Morgan fingerprint density at radius 3 is 2.41 bits per heavy atom. The molecule has 5 rings (SSSR count). The van der Waals surface area contributed by atoms with Crippen LogP contribution in [0.15, 0.2) is 105 Å². The highest BCUT2D eigenvalue weighted by Crippen LogP contribution is 2.47. The minimum Gasteiger partial charge on any atom is -0.335 e. The summed E-state index contributed by atoms with van der Waals surface area (Å²) < 4.78 is 0. The summed E-state index contributed by atoms with van der Waals surface area (Å²) in [6, 6.07) is 24.2. The van der Waals surface area contributed by atoms with Gasteiger partial charge in [-0.25, -0.2) is 4.99 Å². The molecular weight excluding hydrogens is 482 g/mol. The topological polar surface area (TPSA) is 35.9 Å². The molecule has 1 fully saturated rings. The number of nitrogens with zero attached hydrogens (tertiary/aromatic N) is 3. The Morgan fingerprint density at radius 2 is 1.68 bits per heavy atom. The number of allylic oxidation sites excluding steroid dienone is 2. The van der Waals surface area contributed by atoms with Crippen molar-refractivity contribution in [3.63, 3.8) is 0 Å². The third-order valence-electron chi connectivity index (χ3n) is 5.59. The quantitative estimate of drug-likeness (QED) is 0.344. The van der Waals surface area contributed by atoms with Crippen molar-refractivity contribution in [2.24, 2.45) is 4.99 Å². The van der Waals surface area contributed by atoms with Crippen molar-refractivity contribution >= 4 is 57.6 Å². The van der Waals surface area contributed by atoms with Gasteiger partial charge in [-0.2, -0.15) is 0 Å². The number of fused-ring (bicyclic) bond motifs is 1. The summed E-state index contributed by atoms with van der Waals surface area (Å²) in [6.07, 6.45) is 3.90. The summed E-state index contributed by atoms with van der Waals surface area (Å²) in [7, 11) is 1.76. The maximum Gasteiger partial charge on any atom is 0.266 e. The molecule has 34 heavy (non-hydrogen) atoms. The van der Waals surface area contributed by atoms with Gasteiger partial charge in [0.25, 0.3) is 5.91 Å². The van der Waals surface area contributed by atoms with Gasteiger partial charge in [-0.15, -0.1) is 0 Å². The average Bonchev–Trinajstić information content (AvgIpc) is 3.34. The van der Waals surface area contributed by atoms with Crippen molar-refractivity contribution in [3.05, 3.63) is 99.9 Å². The number of amidine groups is 1. The van der Waals surface area contributed by atoms with E-state index in [-0.39, 0.29) is 5.91 Å². The Labute approximate surface area is 213 Å². The molecule has 0 aromatic heterocycles. The van der Waals surface area contributed by atoms with Crippen molar-refractivity contribution < 1.29 is 4.79 Å². The maximum atomic E-state index is 12.9. The third kappa shape index (κ3) is 4.53. The van der Waals surface area contributed by atoms with Crippen LogP contribution in [-0.2, 0) is 4.79 Å². The molecule has 0 bridgehead atoms. The first-order valence-electron chi connectivity index (χ1n) is 10.9. The third-order valence-corrected chi connectivity index (χ3v) is 8.03. The Hall–Kier alpha value is -2.93. The average molecular weight is 504 g/mol. The summed E-state index contributed by atoms with van der Waals surface area (Å²) in [5, 5.41) is 2.46. The second-order valence-corrected chi connectivity index (χ2v) is 10.3. The first-order chi connectivity index (χ1) is 16.5. The normalized spacial score (nSPS) is 19.0. The van der Waals surface area contributed by atoms with E-state index in [1.807, 2.05) is 60.7 Å². The summed E-state index contributed by atoms with van der Waals surface area (Å²) >= 11 is 9.28. The predicted octanol–water partition coefficient (Wildman–Crippen LogP) is 7.56. The van der Waals surface area contributed by atoms with Crippen LogP contribution in [0.5, 0.6) is 0 Å². The van der Waals surface area contributed by atoms with E-state index in [0.717, 1.165) is 39.1 Å². The fraction of sp³-hybridized carbons (Fsp3) is 0.111. The van der Waals surface area contributed by atoms with Crippen molar-refractivity contribution in [2.75, 3.05) is 18.5 Å². The number of amides is 1. The molecule has 4 nitrogen and oxygen atoms in total. The van der Waals surface area contributed by atoms with E-state index in [4.69, 9.17) is 16.6 Å². The molecule has 0 aliphatic carbocycles. The summed E-state index contributed by atoms with van der Waals surface area (Å²) in [4.78, 5) is 23.2. The molecule has 0 saturated carbocycles. The summed E-state index contributed by atoms with van der Waals surface area (Å²) in [6.45, 7) is 2.93. The highest BCUT2D eigenvalue weighted by Gasteiger charge is 2.30. The number of carbonyl (C=O) groups excluding carboxylic acids is 1. The first kappa shape index (κ1) is 22.8. The van der Waals surface area contributed by atoms with Crippen LogP contribution in [0.4, 0.5) is 11.4 Å². The molecule has 3 aromatic carbocycles. The molecule has 2 heterocycles.